The second-order valence-corrected chi connectivity index (χ2v) is 7.14. The first kappa shape index (κ1) is 22.1. The summed E-state index contributed by atoms with van der Waals surface area (Å²) in [6, 6.07) is 11.4. The minimum Gasteiger partial charge on any atom is -0.360 e. The summed E-state index contributed by atoms with van der Waals surface area (Å²) in [6.07, 6.45) is -6.96. The number of benzene rings is 1. The molecule has 0 aliphatic rings. The summed E-state index contributed by atoms with van der Waals surface area (Å²) in [5.41, 5.74) is -2.08. The Hall–Kier alpha value is -2.62. The molecule has 0 fully saturated rings. The van der Waals surface area contributed by atoms with E-state index in [9.17, 15) is 26.3 Å². The van der Waals surface area contributed by atoms with Gasteiger partial charge in [-0.2, -0.15) is 26.3 Å². The molecule has 0 amide bonds. The van der Waals surface area contributed by atoms with Gasteiger partial charge in [0.05, 0.1) is 35.6 Å². The highest BCUT2D eigenvalue weighted by molar-refractivity contribution is 9.10. The Morgan fingerprint density at radius 3 is 1.50 bits per heavy atom. The van der Waals surface area contributed by atoms with Gasteiger partial charge in [0.15, 0.2) is 0 Å². The predicted molar refractivity (Wildman–Crippen MR) is 103 cm³/mol. The molecule has 1 aromatic carbocycles. The quantitative estimate of drug-likeness (QED) is 0.384. The van der Waals surface area contributed by atoms with Gasteiger partial charge in [0.1, 0.15) is 0 Å². The van der Waals surface area contributed by atoms with Gasteiger partial charge in [0, 0.05) is 22.6 Å². The lowest BCUT2D eigenvalue weighted by Crippen LogP contribution is -2.25. The standard InChI is InChI=1S/C20H14BrF6N3/c21-18-16(19(22,23)24)9-15(10-17(18)20(25,26)27)30(11-13-5-1-3-7-28-13)12-14-6-2-4-8-29-14/h1-10H,11-12H2. The minimum atomic E-state index is -4.98. The Labute approximate surface area is 176 Å². The van der Waals surface area contributed by atoms with Gasteiger partial charge in [0.25, 0.3) is 0 Å². The van der Waals surface area contributed by atoms with Crippen LogP contribution in [0.15, 0.2) is 65.4 Å². The third-order valence-corrected chi connectivity index (χ3v) is 5.05. The molecule has 30 heavy (non-hydrogen) atoms. The van der Waals surface area contributed by atoms with E-state index in [1.807, 2.05) is 0 Å². The summed E-state index contributed by atoms with van der Waals surface area (Å²) in [7, 11) is 0. The molecule has 0 bridgehead atoms. The fourth-order valence-corrected chi connectivity index (χ4v) is 3.50. The third kappa shape index (κ3) is 5.29. The number of anilines is 1. The van der Waals surface area contributed by atoms with Crippen LogP contribution in [0.1, 0.15) is 22.5 Å². The molecule has 0 saturated carbocycles. The van der Waals surface area contributed by atoms with E-state index in [4.69, 9.17) is 0 Å². The van der Waals surface area contributed by atoms with Crippen molar-refractivity contribution < 1.29 is 26.3 Å². The molecule has 0 radical (unpaired) electrons. The number of aromatic nitrogens is 2. The maximum Gasteiger partial charge on any atom is 0.417 e. The summed E-state index contributed by atoms with van der Waals surface area (Å²) in [5, 5.41) is 0. The van der Waals surface area contributed by atoms with Crippen LogP contribution in [0, 0.1) is 0 Å². The molecule has 0 unspecified atom stereocenters. The van der Waals surface area contributed by atoms with Gasteiger partial charge in [-0.25, -0.2) is 0 Å². The SMILES string of the molecule is FC(F)(F)c1cc(N(Cc2ccccn2)Cc2ccccn2)cc(C(F)(F)F)c1Br. The molecule has 158 valence electrons. The molecule has 0 aliphatic carbocycles. The summed E-state index contributed by atoms with van der Waals surface area (Å²) in [5.74, 6) is 0. The van der Waals surface area contributed by atoms with E-state index in [-0.39, 0.29) is 18.8 Å². The summed E-state index contributed by atoms with van der Waals surface area (Å²) in [4.78, 5) is 9.64. The van der Waals surface area contributed by atoms with Gasteiger partial charge < -0.3 is 4.90 Å². The predicted octanol–water partition coefficient (Wildman–Crippen LogP) is 6.48. The first-order valence-electron chi connectivity index (χ1n) is 8.58. The van der Waals surface area contributed by atoms with Crippen LogP contribution < -0.4 is 4.90 Å². The molecular weight excluding hydrogens is 476 g/mol. The highest BCUT2D eigenvalue weighted by atomic mass is 79.9. The monoisotopic (exact) mass is 489 g/mol. The number of nitrogens with zero attached hydrogens (tertiary/aromatic N) is 3. The molecule has 3 nitrogen and oxygen atoms in total. The molecule has 0 atom stereocenters. The smallest absolute Gasteiger partial charge is 0.360 e. The van der Waals surface area contributed by atoms with E-state index >= 15 is 0 Å². The molecule has 0 N–H and O–H groups in total. The Balaban J connectivity index is 2.13. The topological polar surface area (TPSA) is 29.0 Å². The Bertz CT molecular complexity index is 914. The number of hydrogen-bond donors (Lipinski definition) is 0. The number of halogens is 7. The molecular formula is C20H14BrF6N3. The van der Waals surface area contributed by atoms with Crippen molar-refractivity contribution in [2.24, 2.45) is 0 Å². The van der Waals surface area contributed by atoms with Crippen LogP contribution in [-0.4, -0.2) is 9.97 Å². The molecule has 2 aromatic heterocycles. The summed E-state index contributed by atoms with van der Waals surface area (Å²) < 4.78 is 79.8. The number of hydrogen-bond acceptors (Lipinski definition) is 3. The minimum absolute atomic E-state index is 0.00631. The van der Waals surface area contributed by atoms with Crippen molar-refractivity contribution in [3.63, 3.8) is 0 Å². The molecule has 3 aromatic rings. The van der Waals surface area contributed by atoms with E-state index in [0.717, 1.165) is 0 Å². The third-order valence-electron chi connectivity index (χ3n) is 4.19. The molecule has 3 rings (SSSR count). The molecule has 10 heteroatoms. The average Bonchev–Trinajstić information content (AvgIpc) is 2.67. The second-order valence-electron chi connectivity index (χ2n) is 6.35. The fourth-order valence-electron chi connectivity index (χ4n) is 2.82. The van der Waals surface area contributed by atoms with Crippen molar-refractivity contribution >= 4 is 21.6 Å². The first-order valence-corrected chi connectivity index (χ1v) is 9.37. The van der Waals surface area contributed by atoms with Gasteiger partial charge in [-0.05, 0) is 52.3 Å². The van der Waals surface area contributed by atoms with E-state index < -0.39 is 28.0 Å². The van der Waals surface area contributed by atoms with E-state index in [0.29, 0.717) is 23.5 Å². The Morgan fingerprint density at radius 1 is 0.733 bits per heavy atom. The first-order chi connectivity index (χ1) is 14.1. The van der Waals surface area contributed by atoms with E-state index in [2.05, 4.69) is 25.9 Å². The van der Waals surface area contributed by atoms with Crippen molar-refractivity contribution in [3.8, 4) is 0 Å². The van der Waals surface area contributed by atoms with Crippen molar-refractivity contribution in [1.82, 2.24) is 9.97 Å². The Kier molecular flexibility index (Phi) is 6.35. The normalized spacial score (nSPS) is 12.1. The van der Waals surface area contributed by atoms with E-state index in [1.165, 1.54) is 17.3 Å². The maximum atomic E-state index is 13.5. The van der Waals surface area contributed by atoms with Crippen LogP contribution in [0.4, 0.5) is 32.0 Å². The number of pyridine rings is 2. The zero-order valence-corrected chi connectivity index (χ0v) is 16.8. The van der Waals surface area contributed by atoms with Crippen LogP contribution in [0.2, 0.25) is 0 Å². The van der Waals surface area contributed by atoms with Crippen molar-refractivity contribution in [2.45, 2.75) is 25.4 Å². The maximum absolute atomic E-state index is 13.5. The van der Waals surface area contributed by atoms with Gasteiger partial charge in [-0.15, -0.1) is 0 Å². The molecule has 2 heterocycles. The number of alkyl halides is 6. The lowest BCUT2D eigenvalue weighted by atomic mass is 10.1. The Morgan fingerprint density at radius 2 is 1.17 bits per heavy atom. The molecule has 0 spiro atoms. The summed E-state index contributed by atoms with van der Waals surface area (Å²) in [6.45, 7) is -0.0126. The lowest BCUT2D eigenvalue weighted by molar-refractivity contribution is -0.144. The highest BCUT2D eigenvalue weighted by Gasteiger charge is 2.41. The van der Waals surface area contributed by atoms with Crippen LogP contribution >= 0.6 is 15.9 Å². The molecule has 0 aliphatic heterocycles. The van der Waals surface area contributed by atoms with Gasteiger partial charge in [0.2, 0.25) is 0 Å². The van der Waals surface area contributed by atoms with Crippen LogP contribution in [0.25, 0.3) is 0 Å². The largest absolute Gasteiger partial charge is 0.417 e. The fraction of sp³-hybridized carbons (Fsp3) is 0.200. The second kappa shape index (κ2) is 8.63. The molecule has 0 saturated heterocycles. The average molecular weight is 490 g/mol. The van der Waals surface area contributed by atoms with Crippen molar-refractivity contribution in [2.75, 3.05) is 4.90 Å². The zero-order valence-electron chi connectivity index (χ0n) is 15.2. The van der Waals surface area contributed by atoms with Crippen molar-refractivity contribution in [1.29, 1.82) is 0 Å². The van der Waals surface area contributed by atoms with Gasteiger partial charge in [-0.3, -0.25) is 9.97 Å². The van der Waals surface area contributed by atoms with Crippen molar-refractivity contribution in [3.05, 3.63) is 87.9 Å². The van der Waals surface area contributed by atoms with Crippen LogP contribution in [0.5, 0.6) is 0 Å². The zero-order chi connectivity index (χ0) is 21.9. The highest BCUT2D eigenvalue weighted by Crippen LogP contribution is 2.45. The summed E-state index contributed by atoms with van der Waals surface area (Å²) >= 11 is 2.49. The van der Waals surface area contributed by atoms with Crippen LogP contribution in [0.3, 0.4) is 0 Å². The lowest BCUT2D eigenvalue weighted by Gasteiger charge is -2.27. The van der Waals surface area contributed by atoms with Gasteiger partial charge >= 0.3 is 12.4 Å². The van der Waals surface area contributed by atoms with Crippen LogP contribution in [-0.2, 0) is 25.4 Å². The number of rotatable bonds is 5. The van der Waals surface area contributed by atoms with Gasteiger partial charge in [-0.1, -0.05) is 12.1 Å². The van der Waals surface area contributed by atoms with E-state index in [1.54, 1.807) is 36.4 Å².